The van der Waals surface area contributed by atoms with Crippen LogP contribution in [0.4, 0.5) is 14.9 Å². The minimum absolute atomic E-state index is 0.0252. The van der Waals surface area contributed by atoms with E-state index in [0.717, 1.165) is 12.1 Å². The molecule has 4 rings (SSSR count). The summed E-state index contributed by atoms with van der Waals surface area (Å²) in [5.74, 6) is 0.203. The third kappa shape index (κ3) is 4.22. The van der Waals surface area contributed by atoms with Crippen molar-refractivity contribution in [3.63, 3.8) is 0 Å². The zero-order chi connectivity index (χ0) is 19.5. The van der Waals surface area contributed by atoms with E-state index in [4.69, 9.17) is 4.74 Å². The molecule has 3 heterocycles. The molecule has 0 spiro atoms. The molecule has 0 aliphatic carbocycles. The Morgan fingerprint density at radius 3 is 2.54 bits per heavy atom. The summed E-state index contributed by atoms with van der Waals surface area (Å²) in [7, 11) is 0. The van der Waals surface area contributed by atoms with E-state index in [0.29, 0.717) is 58.3 Å². The zero-order valence-corrected chi connectivity index (χ0v) is 16.0. The average Bonchev–Trinajstić information content (AvgIpc) is 2.63. The quantitative estimate of drug-likeness (QED) is 0.824. The van der Waals surface area contributed by atoms with Crippen LogP contribution >= 0.6 is 0 Å². The van der Waals surface area contributed by atoms with E-state index in [-0.39, 0.29) is 18.5 Å². The molecule has 1 N–H and O–H groups in total. The summed E-state index contributed by atoms with van der Waals surface area (Å²) >= 11 is 0. The molecule has 7 nitrogen and oxygen atoms in total. The first-order valence-electron chi connectivity index (χ1n) is 9.97. The number of hydrogen-bond acceptors (Lipinski definition) is 4. The van der Waals surface area contributed by atoms with Crippen molar-refractivity contribution in [2.75, 3.05) is 63.9 Å². The number of likely N-dealkylation sites (tertiary alicyclic amines) is 1. The van der Waals surface area contributed by atoms with Crippen LogP contribution in [0.3, 0.4) is 0 Å². The van der Waals surface area contributed by atoms with Crippen LogP contribution in [0.5, 0.6) is 0 Å². The Morgan fingerprint density at radius 2 is 1.82 bits per heavy atom. The summed E-state index contributed by atoms with van der Waals surface area (Å²) in [6, 6.07) is 8.28. The minimum Gasteiger partial charge on any atom is -0.372 e. The van der Waals surface area contributed by atoms with E-state index in [1.807, 2.05) is 21.9 Å². The molecular weight excluding hydrogens is 363 g/mol. The molecule has 152 valence electrons. The lowest BCUT2D eigenvalue weighted by Gasteiger charge is -2.42. The monoisotopic (exact) mass is 390 g/mol. The van der Waals surface area contributed by atoms with Crippen LogP contribution < -0.4 is 10.2 Å². The zero-order valence-electron chi connectivity index (χ0n) is 16.0. The number of alkyl halides is 1. The number of carbonyl (C=O) groups excluding carboxylic acids is 2. The molecule has 0 bridgehead atoms. The third-order valence-electron chi connectivity index (χ3n) is 5.64. The largest absolute Gasteiger partial charge is 0.372 e. The first kappa shape index (κ1) is 19.0. The lowest BCUT2D eigenvalue weighted by molar-refractivity contribution is -0.126. The SMILES string of the molecule is O=C1COCCCN(C(=O)N2CC(c3ccc(N4CC(F)C4)cc3)C2)CCN1. The fourth-order valence-corrected chi connectivity index (χ4v) is 3.85. The summed E-state index contributed by atoms with van der Waals surface area (Å²) in [4.78, 5) is 30.0. The van der Waals surface area contributed by atoms with Gasteiger partial charge in [0, 0.05) is 50.9 Å². The lowest BCUT2D eigenvalue weighted by Crippen LogP contribution is -2.55. The van der Waals surface area contributed by atoms with Gasteiger partial charge < -0.3 is 24.8 Å². The molecule has 3 aliphatic rings. The number of nitrogens with zero attached hydrogens (tertiary/aromatic N) is 3. The van der Waals surface area contributed by atoms with E-state index < -0.39 is 6.17 Å². The van der Waals surface area contributed by atoms with E-state index in [2.05, 4.69) is 17.4 Å². The Balaban J connectivity index is 1.27. The van der Waals surface area contributed by atoms with Crippen LogP contribution in [0, 0.1) is 0 Å². The maximum Gasteiger partial charge on any atom is 0.320 e. The Morgan fingerprint density at radius 1 is 1.07 bits per heavy atom. The fourth-order valence-electron chi connectivity index (χ4n) is 3.85. The summed E-state index contributed by atoms with van der Waals surface area (Å²) < 4.78 is 18.3. The predicted octanol–water partition coefficient (Wildman–Crippen LogP) is 1.20. The number of nitrogens with one attached hydrogen (secondary N) is 1. The molecule has 1 aromatic rings. The highest BCUT2D eigenvalue weighted by molar-refractivity contribution is 5.78. The van der Waals surface area contributed by atoms with Gasteiger partial charge in [0.2, 0.25) is 5.91 Å². The van der Waals surface area contributed by atoms with Crippen molar-refractivity contribution in [3.05, 3.63) is 29.8 Å². The number of rotatable bonds is 2. The smallest absolute Gasteiger partial charge is 0.320 e. The van der Waals surface area contributed by atoms with Gasteiger partial charge in [0.25, 0.3) is 0 Å². The highest BCUT2D eigenvalue weighted by atomic mass is 19.1. The number of urea groups is 1. The third-order valence-corrected chi connectivity index (χ3v) is 5.64. The highest BCUT2D eigenvalue weighted by Crippen LogP contribution is 2.30. The van der Waals surface area contributed by atoms with Crippen molar-refractivity contribution in [3.8, 4) is 0 Å². The normalized spacial score (nSPS) is 22.3. The van der Waals surface area contributed by atoms with Crippen LogP contribution in [0.15, 0.2) is 24.3 Å². The second-order valence-electron chi connectivity index (χ2n) is 7.72. The topological polar surface area (TPSA) is 65.1 Å². The molecule has 28 heavy (non-hydrogen) atoms. The number of carbonyl (C=O) groups is 2. The van der Waals surface area contributed by atoms with E-state index in [9.17, 15) is 14.0 Å². The lowest BCUT2D eigenvalue weighted by atomic mass is 9.91. The van der Waals surface area contributed by atoms with E-state index in [1.165, 1.54) is 5.56 Å². The highest BCUT2D eigenvalue weighted by Gasteiger charge is 2.34. The van der Waals surface area contributed by atoms with Crippen molar-refractivity contribution in [1.82, 2.24) is 15.1 Å². The van der Waals surface area contributed by atoms with Crippen LogP contribution in [0.1, 0.15) is 17.9 Å². The maximum absolute atomic E-state index is 13.0. The van der Waals surface area contributed by atoms with E-state index in [1.54, 1.807) is 4.90 Å². The molecule has 8 heteroatoms. The Hall–Kier alpha value is -2.35. The van der Waals surface area contributed by atoms with Crippen molar-refractivity contribution in [2.24, 2.45) is 0 Å². The van der Waals surface area contributed by atoms with Crippen LogP contribution in [0.25, 0.3) is 0 Å². The number of hydrogen-bond donors (Lipinski definition) is 1. The van der Waals surface area contributed by atoms with Crippen LogP contribution in [0.2, 0.25) is 0 Å². The summed E-state index contributed by atoms with van der Waals surface area (Å²) in [6.45, 7) is 4.53. The van der Waals surface area contributed by atoms with Crippen LogP contribution in [-0.2, 0) is 9.53 Å². The van der Waals surface area contributed by atoms with Gasteiger partial charge in [-0.2, -0.15) is 0 Å². The molecule has 0 unspecified atom stereocenters. The van der Waals surface area contributed by atoms with Gasteiger partial charge in [-0.3, -0.25) is 4.79 Å². The van der Waals surface area contributed by atoms with Gasteiger partial charge in [-0.05, 0) is 24.1 Å². The molecular formula is C20H27FN4O3. The molecule has 0 saturated carbocycles. The molecule has 3 fully saturated rings. The fraction of sp³-hybridized carbons (Fsp3) is 0.600. The number of halogens is 1. The van der Waals surface area contributed by atoms with E-state index >= 15 is 0 Å². The summed E-state index contributed by atoms with van der Waals surface area (Å²) in [6.07, 6.45) is 0.0243. The number of anilines is 1. The maximum atomic E-state index is 13.0. The molecule has 0 aromatic heterocycles. The van der Waals surface area contributed by atoms with Gasteiger partial charge in [0.1, 0.15) is 12.8 Å². The van der Waals surface area contributed by atoms with Crippen LogP contribution in [-0.4, -0.2) is 86.9 Å². The molecule has 0 radical (unpaired) electrons. The van der Waals surface area contributed by atoms with Crippen molar-refractivity contribution in [2.45, 2.75) is 18.5 Å². The van der Waals surface area contributed by atoms with Gasteiger partial charge in [-0.15, -0.1) is 0 Å². The van der Waals surface area contributed by atoms with Gasteiger partial charge in [0.15, 0.2) is 0 Å². The Bertz CT molecular complexity index is 702. The van der Waals surface area contributed by atoms with Crippen molar-refractivity contribution < 1.29 is 18.7 Å². The number of amides is 3. The second kappa shape index (κ2) is 8.34. The Labute approximate surface area is 164 Å². The van der Waals surface area contributed by atoms with Gasteiger partial charge in [-0.25, -0.2) is 9.18 Å². The van der Waals surface area contributed by atoms with Crippen molar-refractivity contribution in [1.29, 1.82) is 0 Å². The molecule has 3 amide bonds. The average molecular weight is 390 g/mol. The number of ether oxygens (including phenoxy) is 1. The van der Waals surface area contributed by atoms with Gasteiger partial charge >= 0.3 is 6.03 Å². The molecule has 0 atom stereocenters. The summed E-state index contributed by atoms with van der Waals surface area (Å²) in [5.41, 5.74) is 2.27. The first-order chi connectivity index (χ1) is 13.6. The predicted molar refractivity (Wildman–Crippen MR) is 103 cm³/mol. The van der Waals surface area contributed by atoms with Gasteiger partial charge in [0.05, 0.1) is 13.1 Å². The first-order valence-corrected chi connectivity index (χ1v) is 9.97. The molecule has 3 saturated heterocycles. The molecule has 3 aliphatic heterocycles. The Kier molecular flexibility index (Phi) is 5.66. The molecule has 1 aromatic carbocycles. The standard InChI is InChI=1S/C20H27FN4O3/c21-17-12-24(13-17)18-4-2-15(3-5-18)16-10-25(11-16)20(27)23-7-1-9-28-14-19(26)22-6-8-23/h2-5,16-17H,1,6-14H2,(H,22,26). The minimum atomic E-state index is -0.706. The summed E-state index contributed by atoms with van der Waals surface area (Å²) in [5, 5.41) is 2.77. The second-order valence-corrected chi connectivity index (χ2v) is 7.72. The number of benzene rings is 1. The van der Waals surface area contributed by atoms with Gasteiger partial charge in [-0.1, -0.05) is 12.1 Å². The van der Waals surface area contributed by atoms with Crippen molar-refractivity contribution >= 4 is 17.6 Å².